The van der Waals surface area contributed by atoms with E-state index in [4.69, 9.17) is 4.52 Å². The fraction of sp³-hybridized carbons (Fsp3) is 0.500. The third-order valence-corrected chi connectivity index (χ3v) is 4.23. The van der Waals surface area contributed by atoms with Gasteiger partial charge >= 0.3 is 0 Å². The highest BCUT2D eigenvalue weighted by Crippen LogP contribution is 2.22. The van der Waals surface area contributed by atoms with Gasteiger partial charge in [-0.1, -0.05) is 45.0 Å². The Morgan fingerprint density at radius 2 is 1.89 bits per heavy atom. The second-order valence-electron chi connectivity index (χ2n) is 7.31. The molecule has 0 unspecified atom stereocenters. The van der Waals surface area contributed by atoms with E-state index in [1.807, 2.05) is 25.1 Å². The second kappa shape index (κ2) is 10.6. The zero-order chi connectivity index (χ0) is 19.2. The van der Waals surface area contributed by atoms with Crippen LogP contribution in [0.3, 0.4) is 0 Å². The molecule has 27 heavy (non-hydrogen) atoms. The van der Waals surface area contributed by atoms with Crippen LogP contribution in [-0.2, 0) is 12.0 Å². The fourth-order valence-electron chi connectivity index (χ4n) is 2.48. The first-order valence-electron chi connectivity index (χ1n) is 9.05. The van der Waals surface area contributed by atoms with Crippen LogP contribution in [0.4, 0.5) is 4.39 Å². The summed E-state index contributed by atoms with van der Waals surface area (Å²) in [6, 6.07) is 8.57. The van der Waals surface area contributed by atoms with Gasteiger partial charge in [0.05, 0.1) is 5.69 Å². The van der Waals surface area contributed by atoms with Crippen molar-refractivity contribution in [2.45, 2.75) is 52.5 Å². The molecule has 0 radical (unpaired) electrons. The first-order chi connectivity index (χ1) is 12.3. The summed E-state index contributed by atoms with van der Waals surface area (Å²) in [7, 11) is 0. The Hall–Kier alpha value is -1.64. The molecule has 0 fully saturated rings. The van der Waals surface area contributed by atoms with Gasteiger partial charge in [-0.25, -0.2) is 9.38 Å². The van der Waals surface area contributed by atoms with Gasteiger partial charge in [0.25, 0.3) is 0 Å². The normalized spacial score (nSPS) is 12.0. The van der Waals surface area contributed by atoms with Gasteiger partial charge in [-0.05, 0) is 30.5 Å². The van der Waals surface area contributed by atoms with Gasteiger partial charge in [0.2, 0.25) is 0 Å². The number of aromatic nitrogens is 1. The highest BCUT2D eigenvalue weighted by Gasteiger charge is 2.21. The summed E-state index contributed by atoms with van der Waals surface area (Å²) in [5.41, 5.74) is 1.84. The van der Waals surface area contributed by atoms with E-state index in [9.17, 15) is 4.39 Å². The molecule has 0 spiro atoms. The summed E-state index contributed by atoms with van der Waals surface area (Å²) in [4.78, 5) is 4.57. The first kappa shape index (κ1) is 23.4. The van der Waals surface area contributed by atoms with Crippen LogP contribution in [0.1, 0.15) is 57.6 Å². The number of aliphatic imine (C=N–C) groups is 1. The Balaban J connectivity index is 0.00000364. The number of guanidine groups is 1. The lowest BCUT2D eigenvalue weighted by atomic mass is 9.84. The van der Waals surface area contributed by atoms with Crippen molar-refractivity contribution >= 4 is 29.9 Å². The lowest BCUT2D eigenvalue weighted by molar-refractivity contribution is 0.376. The summed E-state index contributed by atoms with van der Waals surface area (Å²) in [6.07, 6.45) is 0. The number of halogens is 2. The van der Waals surface area contributed by atoms with Crippen LogP contribution < -0.4 is 10.6 Å². The molecule has 150 valence electrons. The molecule has 1 aromatic heterocycles. The average molecular weight is 488 g/mol. The van der Waals surface area contributed by atoms with E-state index in [0.717, 1.165) is 23.6 Å². The summed E-state index contributed by atoms with van der Waals surface area (Å²) >= 11 is 0. The standard InChI is InChI=1S/C20H29FN4O.HI/c1-6-22-19(23-12-17-11-18(14(2)3)25-26-17)24-13-20(4,5)15-7-9-16(21)10-8-15;/h7-11,14H,6,12-13H2,1-5H3,(H2,22,23,24);1H. The molecule has 0 aliphatic carbocycles. The fourth-order valence-corrected chi connectivity index (χ4v) is 2.48. The number of hydrogen-bond donors (Lipinski definition) is 2. The van der Waals surface area contributed by atoms with Crippen LogP contribution >= 0.6 is 24.0 Å². The van der Waals surface area contributed by atoms with Crippen molar-refractivity contribution in [3.8, 4) is 0 Å². The predicted octanol–water partition coefficient (Wildman–Crippen LogP) is 4.59. The Bertz CT molecular complexity index is 726. The van der Waals surface area contributed by atoms with Crippen molar-refractivity contribution in [3.05, 3.63) is 53.2 Å². The Morgan fingerprint density at radius 3 is 2.44 bits per heavy atom. The van der Waals surface area contributed by atoms with Crippen LogP contribution in [0.25, 0.3) is 0 Å². The van der Waals surface area contributed by atoms with E-state index in [2.05, 4.69) is 48.5 Å². The molecular weight excluding hydrogens is 458 g/mol. The Labute approximate surface area is 178 Å². The summed E-state index contributed by atoms with van der Waals surface area (Å²) in [5.74, 6) is 1.56. The smallest absolute Gasteiger partial charge is 0.191 e. The third kappa shape index (κ3) is 7.12. The highest BCUT2D eigenvalue weighted by atomic mass is 127. The Kier molecular flexibility index (Phi) is 9.21. The van der Waals surface area contributed by atoms with E-state index in [1.54, 1.807) is 0 Å². The van der Waals surface area contributed by atoms with Crippen molar-refractivity contribution in [3.63, 3.8) is 0 Å². The minimum absolute atomic E-state index is 0. The van der Waals surface area contributed by atoms with Crippen molar-refractivity contribution in [1.29, 1.82) is 0 Å². The number of nitrogens with one attached hydrogen (secondary N) is 2. The van der Waals surface area contributed by atoms with Gasteiger partial charge in [0, 0.05) is 24.6 Å². The Morgan fingerprint density at radius 1 is 1.22 bits per heavy atom. The lowest BCUT2D eigenvalue weighted by Crippen LogP contribution is -2.43. The molecule has 1 heterocycles. The topological polar surface area (TPSA) is 62.5 Å². The summed E-state index contributed by atoms with van der Waals surface area (Å²) in [6.45, 7) is 12.3. The maximum absolute atomic E-state index is 13.1. The van der Waals surface area contributed by atoms with Crippen LogP contribution in [0.15, 0.2) is 39.8 Å². The van der Waals surface area contributed by atoms with Crippen LogP contribution in [-0.4, -0.2) is 24.2 Å². The zero-order valence-corrected chi connectivity index (χ0v) is 19.0. The molecule has 0 amide bonds. The minimum atomic E-state index is -0.222. The average Bonchev–Trinajstić information content (AvgIpc) is 3.07. The molecule has 2 rings (SSSR count). The summed E-state index contributed by atoms with van der Waals surface area (Å²) in [5, 5.41) is 10.6. The van der Waals surface area contributed by atoms with Crippen LogP contribution in [0.2, 0.25) is 0 Å². The van der Waals surface area contributed by atoms with Crippen LogP contribution in [0, 0.1) is 5.82 Å². The van der Waals surface area contributed by atoms with E-state index >= 15 is 0 Å². The van der Waals surface area contributed by atoms with Crippen molar-refractivity contribution in [1.82, 2.24) is 15.8 Å². The zero-order valence-electron chi connectivity index (χ0n) is 16.7. The number of nitrogens with zero attached hydrogens (tertiary/aromatic N) is 2. The maximum Gasteiger partial charge on any atom is 0.191 e. The van der Waals surface area contributed by atoms with Crippen molar-refractivity contribution in [2.24, 2.45) is 4.99 Å². The van der Waals surface area contributed by atoms with Crippen molar-refractivity contribution < 1.29 is 8.91 Å². The molecular formula is C20H30FIN4O. The van der Waals surface area contributed by atoms with E-state index in [1.165, 1.54) is 12.1 Å². The molecule has 0 aliphatic rings. The van der Waals surface area contributed by atoms with E-state index in [-0.39, 0.29) is 35.2 Å². The number of rotatable bonds is 7. The van der Waals surface area contributed by atoms with Gasteiger partial charge in [-0.3, -0.25) is 0 Å². The lowest BCUT2D eigenvalue weighted by Gasteiger charge is -2.26. The quantitative estimate of drug-likeness (QED) is 0.340. The monoisotopic (exact) mass is 488 g/mol. The molecule has 0 aliphatic heterocycles. The SMILES string of the molecule is CCNC(=NCc1cc(C(C)C)no1)NCC(C)(C)c1ccc(F)cc1.I. The van der Waals surface area contributed by atoms with Gasteiger partial charge in [0.1, 0.15) is 12.4 Å². The predicted molar refractivity (Wildman–Crippen MR) is 118 cm³/mol. The molecule has 0 saturated heterocycles. The highest BCUT2D eigenvalue weighted by molar-refractivity contribution is 14.0. The maximum atomic E-state index is 13.1. The minimum Gasteiger partial charge on any atom is -0.359 e. The first-order valence-corrected chi connectivity index (χ1v) is 9.05. The van der Waals surface area contributed by atoms with Gasteiger partial charge in [-0.15, -0.1) is 24.0 Å². The second-order valence-corrected chi connectivity index (χ2v) is 7.31. The molecule has 2 aromatic rings. The number of benzene rings is 1. The van der Waals surface area contributed by atoms with E-state index < -0.39 is 0 Å². The van der Waals surface area contributed by atoms with Gasteiger partial charge < -0.3 is 15.2 Å². The van der Waals surface area contributed by atoms with E-state index in [0.29, 0.717) is 25.0 Å². The molecule has 0 atom stereocenters. The summed E-state index contributed by atoms with van der Waals surface area (Å²) < 4.78 is 18.5. The largest absolute Gasteiger partial charge is 0.359 e. The third-order valence-electron chi connectivity index (χ3n) is 4.23. The molecule has 0 saturated carbocycles. The van der Waals surface area contributed by atoms with Crippen molar-refractivity contribution in [2.75, 3.05) is 13.1 Å². The molecule has 0 bridgehead atoms. The molecule has 2 N–H and O–H groups in total. The van der Waals surface area contributed by atoms with Gasteiger partial charge in [-0.2, -0.15) is 0 Å². The molecule has 7 heteroatoms. The van der Waals surface area contributed by atoms with Crippen LogP contribution in [0.5, 0.6) is 0 Å². The van der Waals surface area contributed by atoms with Gasteiger partial charge in [0.15, 0.2) is 11.7 Å². The molecule has 5 nitrogen and oxygen atoms in total. The molecule has 1 aromatic carbocycles. The number of hydrogen-bond acceptors (Lipinski definition) is 3.